The van der Waals surface area contributed by atoms with Crippen LogP contribution in [-0.4, -0.2) is 26.4 Å². The Bertz CT molecular complexity index is 1330. The van der Waals surface area contributed by atoms with E-state index in [-0.39, 0.29) is 5.82 Å². The maximum absolute atomic E-state index is 13.8. The van der Waals surface area contributed by atoms with Crippen LogP contribution in [0.5, 0.6) is 0 Å². The zero-order valence-electron chi connectivity index (χ0n) is 16.5. The number of aromatic nitrogens is 4. The number of hydrogen-bond donors (Lipinski definition) is 1. The van der Waals surface area contributed by atoms with Crippen molar-refractivity contribution >= 4 is 22.4 Å². The number of anilines is 1. The van der Waals surface area contributed by atoms with Gasteiger partial charge in [-0.15, -0.1) is 5.10 Å². The van der Waals surface area contributed by atoms with Gasteiger partial charge in [-0.2, -0.15) is 4.52 Å². The van der Waals surface area contributed by atoms with Crippen molar-refractivity contribution in [2.75, 3.05) is 11.9 Å². The molecule has 5 nitrogen and oxygen atoms in total. The molecule has 6 heteroatoms. The summed E-state index contributed by atoms with van der Waals surface area (Å²) in [7, 11) is 0. The van der Waals surface area contributed by atoms with Crippen molar-refractivity contribution in [1.29, 1.82) is 0 Å². The number of hydrogen-bond acceptors (Lipinski definition) is 4. The monoisotopic (exact) mass is 397 g/mol. The third-order valence-corrected chi connectivity index (χ3v) is 5.29. The summed E-state index contributed by atoms with van der Waals surface area (Å²) in [6.07, 6.45) is 0. The molecule has 30 heavy (non-hydrogen) atoms. The van der Waals surface area contributed by atoms with E-state index in [1.54, 1.807) is 10.6 Å². The highest BCUT2D eigenvalue weighted by atomic mass is 19.1. The summed E-state index contributed by atoms with van der Waals surface area (Å²) in [5.74, 6) is 0.763. The molecule has 0 saturated carbocycles. The molecular formula is C24H20FN5. The first kappa shape index (κ1) is 18.2. The molecule has 2 aromatic heterocycles. The Labute approximate surface area is 173 Å². The molecule has 0 spiro atoms. The number of benzene rings is 3. The fourth-order valence-corrected chi connectivity index (χ4v) is 3.67. The highest BCUT2D eigenvalue weighted by Crippen LogP contribution is 2.28. The molecule has 148 valence electrons. The van der Waals surface area contributed by atoms with Gasteiger partial charge in [0.1, 0.15) is 17.3 Å². The first-order valence-corrected chi connectivity index (χ1v) is 9.89. The lowest BCUT2D eigenvalue weighted by Crippen LogP contribution is -2.12. The molecule has 1 unspecified atom stereocenters. The molecule has 0 saturated heterocycles. The van der Waals surface area contributed by atoms with Gasteiger partial charge in [0.15, 0.2) is 5.65 Å². The minimum Gasteiger partial charge on any atom is -0.369 e. The maximum atomic E-state index is 13.8. The van der Waals surface area contributed by atoms with Crippen LogP contribution >= 0.6 is 0 Å². The highest BCUT2D eigenvalue weighted by Gasteiger charge is 2.16. The zero-order chi connectivity index (χ0) is 20.5. The minimum atomic E-state index is -0.315. The normalized spacial score (nSPS) is 12.3. The maximum Gasteiger partial charge on any atom is 0.186 e. The number of para-hydroxylation sites is 1. The Morgan fingerprint density at radius 2 is 1.77 bits per heavy atom. The number of halogens is 1. The second-order valence-electron chi connectivity index (χ2n) is 7.35. The minimum absolute atomic E-state index is 0.314. The van der Waals surface area contributed by atoms with Crippen LogP contribution < -0.4 is 5.32 Å². The fourth-order valence-electron chi connectivity index (χ4n) is 3.67. The number of nitrogens with zero attached hydrogens (tertiary/aromatic N) is 4. The summed E-state index contributed by atoms with van der Waals surface area (Å²) in [6, 6.07) is 24.7. The largest absolute Gasteiger partial charge is 0.369 e. The van der Waals surface area contributed by atoms with E-state index in [9.17, 15) is 4.39 Å². The third-order valence-electron chi connectivity index (χ3n) is 5.29. The Balaban J connectivity index is 1.59. The standard InChI is InChI=1S/C24H20FN5/c1-16(17-8-3-2-4-9-17)15-26-23-20-12-5-6-13-21(20)30-24(27-23)22(28-29-30)18-10-7-11-19(25)14-18/h2-14,16H,15H2,1H3,(H,26,27). The van der Waals surface area contributed by atoms with Crippen molar-refractivity contribution in [3.05, 3.63) is 90.2 Å². The van der Waals surface area contributed by atoms with Crippen LogP contribution in [0.1, 0.15) is 18.4 Å². The van der Waals surface area contributed by atoms with Crippen LogP contribution in [0.3, 0.4) is 0 Å². The van der Waals surface area contributed by atoms with Gasteiger partial charge in [-0.05, 0) is 35.7 Å². The van der Waals surface area contributed by atoms with Gasteiger partial charge in [0.05, 0.1) is 5.52 Å². The van der Waals surface area contributed by atoms with Crippen molar-refractivity contribution in [2.24, 2.45) is 0 Å². The van der Waals surface area contributed by atoms with Crippen molar-refractivity contribution in [1.82, 2.24) is 19.8 Å². The second kappa shape index (κ2) is 7.55. The Morgan fingerprint density at radius 3 is 2.60 bits per heavy atom. The molecule has 0 fully saturated rings. The van der Waals surface area contributed by atoms with Gasteiger partial charge in [-0.1, -0.05) is 66.7 Å². The van der Waals surface area contributed by atoms with E-state index in [4.69, 9.17) is 4.98 Å². The molecule has 0 radical (unpaired) electrons. The first-order valence-electron chi connectivity index (χ1n) is 9.89. The number of nitrogens with one attached hydrogen (secondary N) is 1. The van der Waals surface area contributed by atoms with Crippen molar-refractivity contribution in [3.8, 4) is 11.3 Å². The van der Waals surface area contributed by atoms with E-state index >= 15 is 0 Å². The summed E-state index contributed by atoms with van der Waals surface area (Å²) >= 11 is 0. The lowest BCUT2D eigenvalue weighted by atomic mass is 10.0. The predicted molar refractivity (Wildman–Crippen MR) is 117 cm³/mol. The molecule has 5 rings (SSSR count). The topological polar surface area (TPSA) is 55.1 Å². The van der Waals surface area contributed by atoms with Gasteiger partial charge >= 0.3 is 0 Å². The first-order chi connectivity index (χ1) is 14.7. The molecule has 5 aromatic rings. The highest BCUT2D eigenvalue weighted by molar-refractivity contribution is 5.93. The van der Waals surface area contributed by atoms with Gasteiger partial charge in [-0.25, -0.2) is 9.37 Å². The molecule has 0 bridgehead atoms. The quantitative estimate of drug-likeness (QED) is 0.437. The van der Waals surface area contributed by atoms with Crippen LogP contribution in [0.15, 0.2) is 78.9 Å². The van der Waals surface area contributed by atoms with Crippen LogP contribution in [0.2, 0.25) is 0 Å². The van der Waals surface area contributed by atoms with Crippen molar-refractivity contribution < 1.29 is 4.39 Å². The van der Waals surface area contributed by atoms with Crippen LogP contribution in [0.4, 0.5) is 10.2 Å². The van der Waals surface area contributed by atoms with E-state index < -0.39 is 0 Å². The van der Waals surface area contributed by atoms with Crippen LogP contribution in [0.25, 0.3) is 27.8 Å². The van der Waals surface area contributed by atoms with Crippen molar-refractivity contribution in [2.45, 2.75) is 12.8 Å². The van der Waals surface area contributed by atoms with E-state index in [2.05, 4.69) is 46.8 Å². The molecule has 0 amide bonds. The van der Waals surface area contributed by atoms with Gasteiger partial charge < -0.3 is 5.32 Å². The number of rotatable bonds is 5. The Hall–Kier alpha value is -3.80. The van der Waals surface area contributed by atoms with E-state index in [0.29, 0.717) is 22.8 Å². The molecule has 1 N–H and O–H groups in total. The van der Waals surface area contributed by atoms with E-state index in [0.717, 1.165) is 23.3 Å². The molecule has 3 aromatic carbocycles. The summed E-state index contributed by atoms with van der Waals surface area (Å²) < 4.78 is 15.5. The second-order valence-corrected chi connectivity index (χ2v) is 7.35. The van der Waals surface area contributed by atoms with Gasteiger partial charge in [0.2, 0.25) is 0 Å². The smallest absolute Gasteiger partial charge is 0.186 e. The molecule has 0 aliphatic rings. The fraction of sp³-hybridized carbons (Fsp3) is 0.125. The zero-order valence-corrected chi connectivity index (χ0v) is 16.5. The molecule has 0 aliphatic carbocycles. The van der Waals surface area contributed by atoms with E-state index in [1.165, 1.54) is 17.7 Å². The van der Waals surface area contributed by atoms with Gasteiger partial charge in [0, 0.05) is 17.5 Å². The van der Waals surface area contributed by atoms with Gasteiger partial charge in [-0.3, -0.25) is 0 Å². The molecule has 1 atom stereocenters. The summed E-state index contributed by atoms with van der Waals surface area (Å²) in [6.45, 7) is 2.91. The SMILES string of the molecule is CC(CNc1nc2c(-c3cccc(F)c3)nnn2c2ccccc12)c1ccccc1. The summed E-state index contributed by atoms with van der Waals surface area (Å²) in [5.41, 5.74) is 3.96. The average Bonchev–Trinajstić information content (AvgIpc) is 3.22. The molecule has 0 aliphatic heterocycles. The summed E-state index contributed by atoms with van der Waals surface area (Å²) in [4.78, 5) is 4.84. The lowest BCUT2D eigenvalue weighted by molar-refractivity contribution is 0.628. The van der Waals surface area contributed by atoms with Crippen LogP contribution in [0, 0.1) is 5.82 Å². The Morgan fingerprint density at radius 1 is 0.967 bits per heavy atom. The number of fused-ring (bicyclic) bond motifs is 3. The third kappa shape index (κ3) is 3.26. The predicted octanol–water partition coefficient (Wildman–Crippen LogP) is 5.30. The van der Waals surface area contributed by atoms with Gasteiger partial charge in [0.25, 0.3) is 0 Å². The molecular weight excluding hydrogens is 377 g/mol. The average molecular weight is 397 g/mol. The molecule has 2 heterocycles. The Kier molecular flexibility index (Phi) is 4.59. The lowest BCUT2D eigenvalue weighted by Gasteiger charge is -2.15. The van der Waals surface area contributed by atoms with E-state index in [1.807, 2.05) is 36.4 Å². The van der Waals surface area contributed by atoms with Crippen LogP contribution in [-0.2, 0) is 0 Å². The van der Waals surface area contributed by atoms with Crippen molar-refractivity contribution in [3.63, 3.8) is 0 Å². The summed E-state index contributed by atoms with van der Waals surface area (Å²) in [5, 5.41) is 13.1.